The van der Waals surface area contributed by atoms with E-state index in [0.29, 0.717) is 27.0 Å². The van der Waals surface area contributed by atoms with Gasteiger partial charge in [0.2, 0.25) is 0 Å². The van der Waals surface area contributed by atoms with Crippen LogP contribution in [0.2, 0.25) is 10.0 Å². The summed E-state index contributed by atoms with van der Waals surface area (Å²) in [4.78, 5) is 15.5. The van der Waals surface area contributed by atoms with Crippen LogP contribution in [0.5, 0.6) is 0 Å². The fourth-order valence-corrected chi connectivity index (χ4v) is 3.19. The van der Waals surface area contributed by atoms with E-state index < -0.39 is 11.9 Å². The van der Waals surface area contributed by atoms with Gasteiger partial charge in [0.25, 0.3) is 0 Å². The maximum atomic E-state index is 11.2. The molecule has 6 heteroatoms. The highest BCUT2D eigenvalue weighted by Gasteiger charge is 2.65. The smallest absolute Gasteiger partial charge is 0.307 e. The number of benzene rings is 1. The quantitative estimate of drug-likeness (QED) is 0.911. The van der Waals surface area contributed by atoms with Crippen molar-refractivity contribution in [3.63, 3.8) is 0 Å². The number of carboxylic acid groups (broad SMARTS) is 1. The molecule has 1 aromatic carbocycles. The van der Waals surface area contributed by atoms with Gasteiger partial charge in [-0.05, 0) is 17.5 Å². The summed E-state index contributed by atoms with van der Waals surface area (Å²) in [5, 5.41) is 10.0. The number of carboxylic acids is 1. The molecule has 1 fully saturated rings. The second-order valence-corrected chi connectivity index (χ2v) is 6.25. The highest BCUT2D eigenvalue weighted by atomic mass is 35.5. The van der Waals surface area contributed by atoms with Gasteiger partial charge in [-0.25, -0.2) is 4.98 Å². The molecule has 100 valence electrons. The summed E-state index contributed by atoms with van der Waals surface area (Å²) < 4.78 is 5.63. The third-order valence-corrected chi connectivity index (χ3v) is 4.28. The normalized spacial score (nSPS) is 24.6. The first-order valence-corrected chi connectivity index (χ1v) is 6.56. The van der Waals surface area contributed by atoms with Crippen molar-refractivity contribution in [2.45, 2.75) is 19.8 Å². The van der Waals surface area contributed by atoms with Crippen LogP contribution >= 0.6 is 23.2 Å². The van der Waals surface area contributed by atoms with Crippen LogP contribution in [0.3, 0.4) is 0 Å². The van der Waals surface area contributed by atoms with Gasteiger partial charge in [-0.2, -0.15) is 0 Å². The first-order valence-electron chi connectivity index (χ1n) is 5.80. The molecular formula is C13H11Cl2NO3. The third-order valence-electron chi connectivity index (χ3n) is 3.79. The molecule has 1 aromatic heterocycles. The van der Waals surface area contributed by atoms with E-state index in [1.54, 1.807) is 12.1 Å². The summed E-state index contributed by atoms with van der Waals surface area (Å²) in [7, 11) is 0. The van der Waals surface area contributed by atoms with Crippen molar-refractivity contribution in [2.24, 2.45) is 11.3 Å². The Bertz CT molecular complexity index is 692. The number of aliphatic carboxylic acids is 1. The van der Waals surface area contributed by atoms with Gasteiger partial charge in [-0.3, -0.25) is 4.79 Å². The van der Waals surface area contributed by atoms with E-state index >= 15 is 0 Å². The van der Waals surface area contributed by atoms with Crippen molar-refractivity contribution in [1.82, 2.24) is 4.98 Å². The molecule has 4 nitrogen and oxygen atoms in total. The number of hydrogen-bond donors (Lipinski definition) is 1. The van der Waals surface area contributed by atoms with Crippen LogP contribution < -0.4 is 0 Å². The molecule has 0 bridgehead atoms. The molecular weight excluding hydrogens is 289 g/mol. The molecule has 0 amide bonds. The minimum Gasteiger partial charge on any atom is -0.481 e. The van der Waals surface area contributed by atoms with Gasteiger partial charge >= 0.3 is 5.97 Å². The van der Waals surface area contributed by atoms with Crippen LogP contribution in [0.1, 0.15) is 25.7 Å². The summed E-state index contributed by atoms with van der Waals surface area (Å²) in [5.74, 6) is -1.12. The largest absolute Gasteiger partial charge is 0.481 e. The molecule has 0 spiro atoms. The number of halogens is 2. The summed E-state index contributed by atoms with van der Waals surface area (Å²) in [5.41, 5.74) is 0.649. The van der Waals surface area contributed by atoms with Crippen molar-refractivity contribution < 1.29 is 14.3 Å². The van der Waals surface area contributed by atoms with Crippen LogP contribution in [-0.2, 0) is 4.79 Å². The summed E-state index contributed by atoms with van der Waals surface area (Å²) in [6.45, 7) is 3.78. The number of fused-ring (bicyclic) bond motifs is 1. The van der Waals surface area contributed by atoms with Gasteiger partial charge in [-0.15, -0.1) is 0 Å². The number of hydrogen-bond acceptors (Lipinski definition) is 3. The van der Waals surface area contributed by atoms with Gasteiger partial charge in [0.15, 0.2) is 11.5 Å². The Balaban J connectivity index is 2.09. The Kier molecular flexibility index (Phi) is 2.60. The van der Waals surface area contributed by atoms with Crippen LogP contribution in [0.4, 0.5) is 0 Å². The minimum atomic E-state index is -0.832. The van der Waals surface area contributed by atoms with E-state index in [0.717, 1.165) is 0 Å². The fourth-order valence-electron chi connectivity index (χ4n) is 2.67. The number of rotatable bonds is 2. The predicted octanol–water partition coefficient (Wildman–Crippen LogP) is 3.96. The third kappa shape index (κ3) is 1.82. The van der Waals surface area contributed by atoms with Crippen LogP contribution in [0.25, 0.3) is 11.1 Å². The number of oxazole rings is 1. The molecule has 0 aliphatic heterocycles. The van der Waals surface area contributed by atoms with Gasteiger partial charge in [-0.1, -0.05) is 37.0 Å². The molecule has 2 unspecified atom stereocenters. The lowest BCUT2D eigenvalue weighted by molar-refractivity contribution is -0.139. The summed E-state index contributed by atoms with van der Waals surface area (Å²) in [6.07, 6.45) is 0. The van der Waals surface area contributed by atoms with Crippen molar-refractivity contribution in [1.29, 1.82) is 0 Å². The Morgan fingerprint density at radius 1 is 1.42 bits per heavy atom. The maximum absolute atomic E-state index is 11.2. The highest BCUT2D eigenvalue weighted by Crippen LogP contribution is 2.64. The molecule has 1 saturated carbocycles. The summed E-state index contributed by atoms with van der Waals surface area (Å²) in [6, 6.07) is 3.23. The van der Waals surface area contributed by atoms with E-state index in [-0.39, 0.29) is 11.3 Å². The van der Waals surface area contributed by atoms with E-state index in [2.05, 4.69) is 4.98 Å². The average molecular weight is 300 g/mol. The molecule has 1 aliphatic rings. The molecule has 1 N–H and O–H groups in total. The Morgan fingerprint density at radius 2 is 2.11 bits per heavy atom. The van der Waals surface area contributed by atoms with E-state index in [9.17, 15) is 9.90 Å². The van der Waals surface area contributed by atoms with Gasteiger partial charge in [0.1, 0.15) is 5.52 Å². The van der Waals surface area contributed by atoms with Crippen molar-refractivity contribution in [3.8, 4) is 0 Å². The highest BCUT2D eigenvalue weighted by molar-refractivity contribution is 6.37. The van der Waals surface area contributed by atoms with Gasteiger partial charge in [0.05, 0.1) is 16.9 Å². The molecule has 0 radical (unpaired) electrons. The molecule has 0 saturated heterocycles. The van der Waals surface area contributed by atoms with Gasteiger partial charge < -0.3 is 9.52 Å². The molecule has 1 aliphatic carbocycles. The van der Waals surface area contributed by atoms with E-state index in [1.165, 1.54) is 0 Å². The lowest BCUT2D eigenvalue weighted by atomic mass is 10.1. The first-order chi connectivity index (χ1) is 8.82. The monoisotopic (exact) mass is 299 g/mol. The summed E-state index contributed by atoms with van der Waals surface area (Å²) >= 11 is 11.9. The predicted molar refractivity (Wildman–Crippen MR) is 71.7 cm³/mol. The molecule has 1 heterocycles. The second kappa shape index (κ2) is 3.87. The van der Waals surface area contributed by atoms with Crippen LogP contribution in [0, 0.1) is 11.3 Å². The lowest BCUT2D eigenvalue weighted by Crippen LogP contribution is -2.03. The molecule has 19 heavy (non-hydrogen) atoms. The standard InChI is InChI=1S/C13H11Cl2NO3/c1-13(2)8(9(13)12(17)18)11-16-7-4-5(14)3-6(15)10(7)19-11/h3-4,8-9H,1-2H3,(H,17,18). The van der Waals surface area contributed by atoms with Crippen LogP contribution in [0.15, 0.2) is 16.5 Å². The topological polar surface area (TPSA) is 63.3 Å². The van der Waals surface area contributed by atoms with Crippen LogP contribution in [-0.4, -0.2) is 16.1 Å². The number of nitrogens with zero attached hydrogens (tertiary/aromatic N) is 1. The van der Waals surface area contributed by atoms with Crippen molar-refractivity contribution in [2.75, 3.05) is 0 Å². The molecule has 2 atom stereocenters. The molecule has 2 aromatic rings. The zero-order valence-corrected chi connectivity index (χ0v) is 11.8. The lowest BCUT2D eigenvalue weighted by Gasteiger charge is -1.96. The zero-order chi connectivity index (χ0) is 13.9. The fraction of sp³-hybridized carbons (Fsp3) is 0.385. The van der Waals surface area contributed by atoms with Crippen molar-refractivity contribution >= 4 is 40.3 Å². The molecule has 3 rings (SSSR count). The Hall–Kier alpha value is -1.26. The van der Waals surface area contributed by atoms with E-state index in [4.69, 9.17) is 27.6 Å². The first kappa shape index (κ1) is 12.8. The minimum absolute atomic E-state index is 0.229. The Morgan fingerprint density at radius 3 is 2.68 bits per heavy atom. The average Bonchev–Trinajstić information content (AvgIpc) is 2.65. The number of aromatic nitrogens is 1. The maximum Gasteiger partial charge on any atom is 0.307 e. The second-order valence-electron chi connectivity index (χ2n) is 5.40. The zero-order valence-electron chi connectivity index (χ0n) is 10.3. The SMILES string of the molecule is CC1(C)C(C(=O)O)C1c1nc2cc(Cl)cc(Cl)c2o1. The van der Waals surface area contributed by atoms with Gasteiger partial charge in [0, 0.05) is 5.02 Å². The number of carbonyl (C=O) groups is 1. The van der Waals surface area contributed by atoms with E-state index in [1.807, 2.05) is 13.8 Å². The van der Waals surface area contributed by atoms with Crippen molar-refractivity contribution in [3.05, 3.63) is 28.1 Å². The Labute approximate surface area is 119 Å².